The molecule has 2 rings (SSSR count). The van der Waals surface area contributed by atoms with Gasteiger partial charge < -0.3 is 15.8 Å². The number of ether oxygens (including phenoxy) is 1. The monoisotopic (exact) mass is 347 g/mol. The minimum atomic E-state index is -0.251. The number of nitrogens with two attached hydrogens (primary N) is 1. The molecule has 1 fully saturated rings. The third-order valence-electron chi connectivity index (χ3n) is 4.53. The molecule has 1 aliphatic heterocycles. The van der Waals surface area contributed by atoms with Crippen LogP contribution in [-0.2, 0) is 9.59 Å². The van der Waals surface area contributed by atoms with Crippen molar-refractivity contribution in [2.75, 3.05) is 26.2 Å². The molecule has 1 unspecified atom stereocenters. The van der Waals surface area contributed by atoms with E-state index in [0.717, 1.165) is 32.4 Å². The van der Waals surface area contributed by atoms with Crippen LogP contribution in [0.5, 0.6) is 5.75 Å². The molecule has 6 nitrogen and oxygen atoms in total. The zero-order chi connectivity index (χ0) is 18.2. The number of rotatable bonds is 9. The van der Waals surface area contributed by atoms with Crippen molar-refractivity contribution >= 4 is 11.8 Å². The number of hydrogen-bond donors (Lipinski definition) is 2. The molecule has 138 valence electrons. The largest absolute Gasteiger partial charge is 0.484 e. The van der Waals surface area contributed by atoms with Gasteiger partial charge in [-0.1, -0.05) is 26.0 Å². The maximum atomic E-state index is 11.9. The maximum absolute atomic E-state index is 11.9. The fourth-order valence-electron chi connectivity index (χ4n) is 3.09. The van der Waals surface area contributed by atoms with Gasteiger partial charge in [-0.05, 0) is 49.4 Å². The summed E-state index contributed by atoms with van der Waals surface area (Å²) >= 11 is 0. The summed E-state index contributed by atoms with van der Waals surface area (Å²) in [7, 11) is 0. The van der Waals surface area contributed by atoms with Crippen LogP contribution >= 0.6 is 0 Å². The molecular formula is C19H29N3O3. The summed E-state index contributed by atoms with van der Waals surface area (Å²) in [6.45, 7) is 6.48. The Hall–Kier alpha value is -2.08. The van der Waals surface area contributed by atoms with Crippen LogP contribution in [0, 0.1) is 0 Å². The summed E-state index contributed by atoms with van der Waals surface area (Å²) in [6.07, 6.45) is 2.63. The van der Waals surface area contributed by atoms with E-state index >= 15 is 0 Å². The van der Waals surface area contributed by atoms with Gasteiger partial charge in [0.1, 0.15) is 5.75 Å². The second-order valence-corrected chi connectivity index (χ2v) is 6.82. The average Bonchev–Trinajstić information content (AvgIpc) is 3.06. The molecule has 1 aromatic rings. The highest BCUT2D eigenvalue weighted by Crippen LogP contribution is 2.20. The van der Waals surface area contributed by atoms with E-state index in [4.69, 9.17) is 10.5 Å². The summed E-state index contributed by atoms with van der Waals surface area (Å²) in [4.78, 5) is 25.3. The molecule has 25 heavy (non-hydrogen) atoms. The van der Waals surface area contributed by atoms with Crippen molar-refractivity contribution in [3.63, 3.8) is 0 Å². The van der Waals surface area contributed by atoms with E-state index < -0.39 is 0 Å². The lowest BCUT2D eigenvalue weighted by Gasteiger charge is -2.21. The van der Waals surface area contributed by atoms with E-state index in [1.54, 1.807) is 0 Å². The van der Waals surface area contributed by atoms with Gasteiger partial charge in [0.2, 0.25) is 5.91 Å². The Labute approximate surface area is 149 Å². The summed E-state index contributed by atoms with van der Waals surface area (Å²) in [6, 6.07) is 7.67. The minimum absolute atomic E-state index is 0.00910. The quantitative estimate of drug-likeness (QED) is 0.665. The van der Waals surface area contributed by atoms with Gasteiger partial charge in [0.25, 0.3) is 5.91 Å². The Kier molecular flexibility index (Phi) is 7.25. The van der Waals surface area contributed by atoms with Crippen molar-refractivity contribution in [2.45, 2.75) is 45.1 Å². The highest BCUT2D eigenvalue weighted by Gasteiger charge is 2.28. The van der Waals surface area contributed by atoms with Crippen LogP contribution in [0.2, 0.25) is 0 Å². The van der Waals surface area contributed by atoms with Gasteiger partial charge in [-0.15, -0.1) is 0 Å². The SMILES string of the molecule is CC(C)c1cccc(OCC(=O)NCCCN2CCCC2C(N)=O)c1. The molecule has 0 aromatic heterocycles. The van der Waals surface area contributed by atoms with Gasteiger partial charge in [-0.3, -0.25) is 14.5 Å². The van der Waals surface area contributed by atoms with Crippen molar-refractivity contribution in [3.05, 3.63) is 29.8 Å². The standard InChI is InChI=1S/C19H29N3O3/c1-14(2)15-6-3-7-16(12-15)25-13-18(23)21-9-5-11-22-10-4-8-17(22)19(20)24/h3,6-7,12,14,17H,4-5,8-11,13H2,1-2H3,(H2,20,24)(H,21,23). The maximum Gasteiger partial charge on any atom is 0.257 e. The van der Waals surface area contributed by atoms with E-state index in [0.29, 0.717) is 18.2 Å². The number of amides is 2. The molecule has 0 aliphatic carbocycles. The summed E-state index contributed by atoms with van der Waals surface area (Å²) in [5, 5.41) is 2.85. The number of nitrogens with one attached hydrogen (secondary N) is 1. The lowest BCUT2D eigenvalue weighted by molar-refractivity contribution is -0.124. The second-order valence-electron chi connectivity index (χ2n) is 6.82. The van der Waals surface area contributed by atoms with Gasteiger partial charge >= 0.3 is 0 Å². The zero-order valence-electron chi connectivity index (χ0n) is 15.2. The molecule has 1 heterocycles. The predicted molar refractivity (Wildman–Crippen MR) is 97.4 cm³/mol. The van der Waals surface area contributed by atoms with E-state index in [1.807, 2.05) is 18.2 Å². The molecule has 6 heteroatoms. The molecule has 0 spiro atoms. The number of hydrogen-bond acceptors (Lipinski definition) is 4. The normalized spacial score (nSPS) is 17.6. The first-order valence-corrected chi connectivity index (χ1v) is 9.00. The first-order chi connectivity index (χ1) is 12.0. The summed E-state index contributed by atoms with van der Waals surface area (Å²) < 4.78 is 5.55. The highest BCUT2D eigenvalue weighted by atomic mass is 16.5. The fourth-order valence-corrected chi connectivity index (χ4v) is 3.09. The van der Waals surface area contributed by atoms with Gasteiger partial charge in [0.15, 0.2) is 6.61 Å². The van der Waals surface area contributed by atoms with Crippen molar-refractivity contribution in [1.82, 2.24) is 10.2 Å². The first kappa shape index (κ1) is 19.2. The zero-order valence-corrected chi connectivity index (χ0v) is 15.2. The average molecular weight is 347 g/mol. The van der Waals surface area contributed by atoms with Crippen LogP contribution in [0.25, 0.3) is 0 Å². The molecule has 1 atom stereocenters. The Balaban J connectivity index is 1.64. The lowest BCUT2D eigenvalue weighted by Crippen LogP contribution is -2.41. The Morgan fingerprint density at radius 1 is 1.40 bits per heavy atom. The Bertz CT molecular complexity index is 589. The molecule has 2 amide bonds. The van der Waals surface area contributed by atoms with Crippen LogP contribution in [0.4, 0.5) is 0 Å². The molecule has 1 aromatic carbocycles. The van der Waals surface area contributed by atoms with Crippen LogP contribution in [0.15, 0.2) is 24.3 Å². The van der Waals surface area contributed by atoms with Crippen LogP contribution in [0.1, 0.15) is 44.6 Å². The van der Waals surface area contributed by atoms with Crippen LogP contribution < -0.4 is 15.8 Å². The third-order valence-corrected chi connectivity index (χ3v) is 4.53. The van der Waals surface area contributed by atoms with E-state index in [2.05, 4.69) is 30.1 Å². The fraction of sp³-hybridized carbons (Fsp3) is 0.579. The molecule has 0 radical (unpaired) electrons. The summed E-state index contributed by atoms with van der Waals surface area (Å²) in [5.74, 6) is 0.747. The van der Waals surface area contributed by atoms with Crippen LogP contribution in [0.3, 0.4) is 0 Å². The van der Waals surface area contributed by atoms with E-state index in [1.165, 1.54) is 5.56 Å². The van der Waals surface area contributed by atoms with Crippen molar-refractivity contribution in [1.29, 1.82) is 0 Å². The van der Waals surface area contributed by atoms with Crippen LogP contribution in [-0.4, -0.2) is 49.0 Å². The van der Waals surface area contributed by atoms with Gasteiger partial charge in [-0.25, -0.2) is 0 Å². The third kappa shape index (κ3) is 6.05. The minimum Gasteiger partial charge on any atom is -0.484 e. The van der Waals surface area contributed by atoms with Crippen molar-refractivity contribution in [3.8, 4) is 5.75 Å². The number of carbonyl (C=O) groups is 2. The molecule has 0 bridgehead atoms. The second kappa shape index (κ2) is 9.42. The van der Waals surface area contributed by atoms with Gasteiger partial charge in [0.05, 0.1) is 6.04 Å². The number of likely N-dealkylation sites (tertiary alicyclic amines) is 1. The molecule has 1 saturated heterocycles. The molecule has 0 saturated carbocycles. The number of nitrogens with zero attached hydrogens (tertiary/aromatic N) is 1. The lowest BCUT2D eigenvalue weighted by atomic mass is 10.0. The topological polar surface area (TPSA) is 84.7 Å². The Morgan fingerprint density at radius 2 is 2.20 bits per heavy atom. The number of benzene rings is 1. The van der Waals surface area contributed by atoms with Crippen molar-refractivity contribution in [2.24, 2.45) is 5.73 Å². The van der Waals surface area contributed by atoms with Gasteiger partial charge in [-0.2, -0.15) is 0 Å². The Morgan fingerprint density at radius 3 is 2.92 bits per heavy atom. The smallest absolute Gasteiger partial charge is 0.257 e. The molecule has 3 N–H and O–H groups in total. The predicted octanol–water partition coefficient (Wildman–Crippen LogP) is 1.64. The summed E-state index contributed by atoms with van der Waals surface area (Å²) in [5.41, 5.74) is 6.59. The highest BCUT2D eigenvalue weighted by molar-refractivity contribution is 5.80. The first-order valence-electron chi connectivity index (χ1n) is 9.00. The molecule has 1 aliphatic rings. The molecular weight excluding hydrogens is 318 g/mol. The number of carbonyl (C=O) groups excluding carboxylic acids is 2. The van der Waals surface area contributed by atoms with E-state index in [9.17, 15) is 9.59 Å². The van der Waals surface area contributed by atoms with Crippen molar-refractivity contribution < 1.29 is 14.3 Å². The number of primary amides is 1. The van der Waals surface area contributed by atoms with Gasteiger partial charge in [0, 0.05) is 13.1 Å². The van der Waals surface area contributed by atoms with E-state index in [-0.39, 0.29) is 24.5 Å².